The highest BCUT2D eigenvalue weighted by molar-refractivity contribution is 7.00. The number of ether oxygens (including phenoxy) is 1. The quantitative estimate of drug-likeness (QED) is 0.774. The van der Waals surface area contributed by atoms with Gasteiger partial charge >= 0.3 is 5.97 Å². The molecule has 0 aliphatic rings. The highest BCUT2D eigenvalue weighted by Crippen LogP contribution is 2.32. The van der Waals surface area contributed by atoms with Crippen LogP contribution >= 0.6 is 23.3 Å². The molecule has 1 heterocycles. The first-order valence-corrected chi connectivity index (χ1v) is 7.60. The third-order valence-electron chi connectivity index (χ3n) is 3.14. The lowest BCUT2D eigenvalue weighted by Crippen LogP contribution is -2.29. The Morgan fingerprint density at radius 3 is 2.73 bits per heavy atom. The molecular weight excluding hydrogens is 324 g/mol. The molecule has 1 atom stereocenters. The molecule has 7 heteroatoms. The van der Waals surface area contributed by atoms with Gasteiger partial charge in [-0.25, -0.2) is 4.79 Å². The van der Waals surface area contributed by atoms with Crippen molar-refractivity contribution in [2.24, 2.45) is 0 Å². The predicted molar refractivity (Wildman–Crippen MR) is 84.6 cm³/mol. The zero-order chi connectivity index (χ0) is 15.5. The molecule has 112 valence electrons. The molecule has 0 radical (unpaired) electrons. The highest BCUT2D eigenvalue weighted by atomic mass is 35.5. The van der Waals surface area contributed by atoms with E-state index in [0.29, 0.717) is 16.8 Å². The topological polar surface area (TPSA) is 72.3 Å². The molecule has 0 fully saturated rings. The molecule has 0 aliphatic carbocycles. The van der Waals surface area contributed by atoms with Crippen molar-refractivity contribution in [2.75, 3.05) is 0 Å². The van der Waals surface area contributed by atoms with Crippen LogP contribution in [-0.4, -0.2) is 25.9 Å². The van der Waals surface area contributed by atoms with Crippen molar-refractivity contribution in [3.05, 3.63) is 53.1 Å². The number of aliphatic carboxylic acids is 1. The van der Waals surface area contributed by atoms with E-state index >= 15 is 0 Å². The van der Waals surface area contributed by atoms with Gasteiger partial charge in [-0.15, -0.1) is 0 Å². The Morgan fingerprint density at radius 2 is 2.00 bits per heavy atom. The van der Waals surface area contributed by atoms with Crippen molar-refractivity contribution in [3.8, 4) is 5.75 Å². The summed E-state index contributed by atoms with van der Waals surface area (Å²) in [5.74, 6) is -0.749. The molecule has 3 rings (SSSR count). The van der Waals surface area contributed by atoms with Gasteiger partial charge in [0.05, 0.1) is 11.7 Å². The van der Waals surface area contributed by atoms with Crippen LogP contribution in [0.4, 0.5) is 0 Å². The predicted octanol–water partition coefficient (Wildman–Crippen LogP) is 3.42. The molecule has 0 aliphatic heterocycles. The third-order valence-corrected chi connectivity index (χ3v) is 4.05. The first-order chi connectivity index (χ1) is 10.6. The summed E-state index contributed by atoms with van der Waals surface area (Å²) in [7, 11) is 0. The van der Waals surface area contributed by atoms with Gasteiger partial charge < -0.3 is 9.84 Å². The monoisotopic (exact) mass is 334 g/mol. The van der Waals surface area contributed by atoms with Crippen molar-refractivity contribution in [2.45, 2.75) is 12.5 Å². The van der Waals surface area contributed by atoms with Crippen molar-refractivity contribution < 1.29 is 14.6 Å². The number of fused-ring (bicyclic) bond motifs is 1. The van der Waals surface area contributed by atoms with Gasteiger partial charge in [0.15, 0.2) is 6.10 Å². The lowest BCUT2D eigenvalue weighted by molar-refractivity contribution is -0.145. The number of carboxylic acid groups (broad SMARTS) is 1. The molecule has 22 heavy (non-hydrogen) atoms. The van der Waals surface area contributed by atoms with Gasteiger partial charge in [0.25, 0.3) is 0 Å². The fourth-order valence-electron chi connectivity index (χ4n) is 2.05. The number of aromatic nitrogens is 2. The summed E-state index contributed by atoms with van der Waals surface area (Å²) in [6, 6.07) is 12.6. The van der Waals surface area contributed by atoms with Gasteiger partial charge in [0.2, 0.25) is 0 Å². The van der Waals surface area contributed by atoms with Crippen LogP contribution in [-0.2, 0) is 11.2 Å². The van der Waals surface area contributed by atoms with E-state index < -0.39 is 12.1 Å². The van der Waals surface area contributed by atoms with E-state index in [4.69, 9.17) is 16.3 Å². The van der Waals surface area contributed by atoms with E-state index in [1.54, 1.807) is 12.1 Å². The number of benzene rings is 2. The molecule has 1 unspecified atom stereocenters. The molecule has 3 aromatic rings. The molecule has 1 N–H and O–H groups in total. The van der Waals surface area contributed by atoms with E-state index in [1.165, 1.54) is 0 Å². The van der Waals surface area contributed by atoms with Crippen molar-refractivity contribution in [1.29, 1.82) is 0 Å². The maximum Gasteiger partial charge on any atom is 0.345 e. The zero-order valence-corrected chi connectivity index (χ0v) is 12.8. The van der Waals surface area contributed by atoms with Crippen molar-refractivity contribution >= 4 is 40.3 Å². The number of hydrogen-bond donors (Lipinski definition) is 1. The van der Waals surface area contributed by atoms with Gasteiger partial charge in [-0.1, -0.05) is 41.9 Å². The maximum atomic E-state index is 11.4. The molecule has 0 amide bonds. The Bertz CT molecular complexity index is 807. The molecule has 2 aromatic carbocycles. The Hall–Kier alpha value is -2.18. The lowest BCUT2D eigenvalue weighted by Gasteiger charge is -2.16. The summed E-state index contributed by atoms with van der Waals surface area (Å²) in [4.78, 5) is 11.4. The summed E-state index contributed by atoms with van der Waals surface area (Å²) in [6.07, 6.45) is -0.774. The number of hydrogen-bond acceptors (Lipinski definition) is 5. The summed E-state index contributed by atoms with van der Waals surface area (Å²) in [5, 5.41) is 9.65. The molecule has 0 saturated heterocycles. The first-order valence-electron chi connectivity index (χ1n) is 6.49. The van der Waals surface area contributed by atoms with E-state index in [1.807, 2.05) is 30.3 Å². The Kier molecular flexibility index (Phi) is 4.22. The van der Waals surface area contributed by atoms with Crippen LogP contribution in [0.1, 0.15) is 5.56 Å². The SMILES string of the molecule is O=C(O)C(Cc1ccccc1)Oc1ccc2nsnc2c1Cl. The van der Waals surface area contributed by atoms with Crippen molar-refractivity contribution in [3.63, 3.8) is 0 Å². The van der Waals surface area contributed by atoms with E-state index in [-0.39, 0.29) is 11.4 Å². The Labute approximate surface area is 135 Å². The van der Waals surface area contributed by atoms with Gasteiger partial charge in [0, 0.05) is 6.42 Å². The zero-order valence-electron chi connectivity index (χ0n) is 11.3. The minimum absolute atomic E-state index is 0.250. The van der Waals surface area contributed by atoms with Crippen LogP contribution in [0.5, 0.6) is 5.75 Å². The number of carboxylic acids is 1. The maximum absolute atomic E-state index is 11.4. The van der Waals surface area contributed by atoms with Gasteiger partial charge in [-0.2, -0.15) is 8.75 Å². The van der Waals surface area contributed by atoms with Gasteiger partial charge in [-0.05, 0) is 17.7 Å². The summed E-state index contributed by atoms with van der Waals surface area (Å²) < 4.78 is 13.8. The normalized spacial score (nSPS) is 12.2. The lowest BCUT2D eigenvalue weighted by atomic mass is 10.1. The second kappa shape index (κ2) is 6.29. The minimum Gasteiger partial charge on any atom is -0.478 e. The number of carbonyl (C=O) groups is 1. The smallest absolute Gasteiger partial charge is 0.345 e. The molecular formula is C15H11ClN2O3S. The molecule has 0 spiro atoms. The minimum atomic E-state index is -1.04. The third kappa shape index (κ3) is 3.03. The first kappa shape index (κ1) is 14.7. The van der Waals surface area contributed by atoms with Crippen LogP contribution in [0.3, 0.4) is 0 Å². The number of halogens is 1. The van der Waals surface area contributed by atoms with Gasteiger partial charge in [0.1, 0.15) is 21.8 Å². The van der Waals surface area contributed by atoms with Crippen LogP contribution < -0.4 is 4.74 Å². The summed E-state index contributed by atoms with van der Waals surface area (Å²) in [6.45, 7) is 0. The summed E-state index contributed by atoms with van der Waals surface area (Å²) >= 11 is 7.27. The number of nitrogens with zero attached hydrogens (tertiary/aromatic N) is 2. The Balaban J connectivity index is 1.86. The van der Waals surface area contributed by atoms with Gasteiger partial charge in [-0.3, -0.25) is 0 Å². The Morgan fingerprint density at radius 1 is 1.23 bits per heavy atom. The van der Waals surface area contributed by atoms with E-state index in [9.17, 15) is 9.90 Å². The fourth-order valence-corrected chi connectivity index (χ4v) is 2.89. The highest BCUT2D eigenvalue weighted by Gasteiger charge is 2.22. The van der Waals surface area contributed by atoms with Crippen LogP contribution in [0.2, 0.25) is 5.02 Å². The van der Waals surface area contributed by atoms with Crippen LogP contribution in [0, 0.1) is 0 Å². The fraction of sp³-hybridized carbons (Fsp3) is 0.133. The van der Waals surface area contributed by atoms with Crippen LogP contribution in [0.25, 0.3) is 11.0 Å². The molecule has 1 aromatic heterocycles. The molecule has 0 bridgehead atoms. The number of rotatable bonds is 5. The average molecular weight is 335 g/mol. The standard InChI is InChI=1S/C15H11ClN2O3S/c16-13-11(7-6-10-14(13)18-22-17-10)21-12(15(19)20)8-9-4-2-1-3-5-9/h1-7,12H,8H2,(H,19,20). The second-order valence-corrected chi connectivity index (χ2v) is 5.55. The second-order valence-electron chi connectivity index (χ2n) is 4.64. The summed E-state index contributed by atoms with van der Waals surface area (Å²) in [5.41, 5.74) is 2.06. The van der Waals surface area contributed by atoms with Crippen LogP contribution in [0.15, 0.2) is 42.5 Å². The molecule has 5 nitrogen and oxygen atoms in total. The molecule has 0 saturated carbocycles. The van der Waals surface area contributed by atoms with Crippen molar-refractivity contribution in [1.82, 2.24) is 8.75 Å². The largest absolute Gasteiger partial charge is 0.478 e. The average Bonchev–Trinajstić information content (AvgIpc) is 2.99. The van der Waals surface area contributed by atoms with E-state index in [0.717, 1.165) is 17.3 Å². The van der Waals surface area contributed by atoms with E-state index in [2.05, 4.69) is 8.75 Å².